The molecule has 2 aromatic carbocycles. The monoisotopic (exact) mass is 425 g/mol. The molecule has 1 aliphatic rings. The molecule has 29 heavy (non-hydrogen) atoms. The number of nitrogens with zero attached hydrogens (tertiary/aromatic N) is 2. The third-order valence-electron chi connectivity index (χ3n) is 4.52. The van der Waals surface area contributed by atoms with Crippen molar-refractivity contribution in [2.45, 2.75) is 6.42 Å². The van der Waals surface area contributed by atoms with Crippen molar-refractivity contribution in [3.63, 3.8) is 0 Å². The molecule has 3 aromatic rings. The second-order valence-corrected chi connectivity index (χ2v) is 9.48. The first kappa shape index (κ1) is 19.4. The van der Waals surface area contributed by atoms with Crippen molar-refractivity contribution in [1.82, 2.24) is 4.98 Å². The Bertz CT molecular complexity index is 1140. The summed E-state index contributed by atoms with van der Waals surface area (Å²) in [5, 5.41) is 5.66. The fourth-order valence-corrected chi connectivity index (χ4v) is 5.33. The largest absolute Gasteiger partial charge is 0.322 e. The molecule has 0 unspecified atom stereocenters. The van der Waals surface area contributed by atoms with Crippen LogP contribution >= 0.6 is 11.3 Å². The van der Waals surface area contributed by atoms with E-state index in [1.54, 1.807) is 47.9 Å². The van der Waals surface area contributed by atoms with Gasteiger partial charge in [0.2, 0.25) is 15.9 Å². The normalized spacial score (nSPS) is 15.7. The lowest BCUT2D eigenvalue weighted by Gasteiger charge is -2.16. The summed E-state index contributed by atoms with van der Waals surface area (Å²) in [6, 6.07) is 14.7. The summed E-state index contributed by atoms with van der Waals surface area (Å²) < 4.78 is 25.4. The van der Waals surface area contributed by atoms with Crippen molar-refractivity contribution in [1.29, 1.82) is 0 Å². The van der Waals surface area contributed by atoms with E-state index in [0.717, 1.165) is 16.1 Å². The first-order valence-electron chi connectivity index (χ1n) is 9.11. The number of amides is 1. The van der Waals surface area contributed by atoms with Crippen molar-refractivity contribution >= 4 is 44.7 Å². The smallest absolute Gasteiger partial charge is 0.248 e. The van der Waals surface area contributed by atoms with E-state index in [4.69, 9.17) is 0 Å². The third kappa shape index (κ3) is 4.55. The van der Waals surface area contributed by atoms with Crippen LogP contribution in [0.2, 0.25) is 0 Å². The Balaban J connectivity index is 1.40. The van der Waals surface area contributed by atoms with Gasteiger partial charge in [-0.2, -0.15) is 0 Å². The maximum Gasteiger partial charge on any atom is 0.248 e. The van der Waals surface area contributed by atoms with Crippen LogP contribution in [0.4, 0.5) is 11.4 Å². The Morgan fingerprint density at radius 2 is 2.00 bits per heavy atom. The number of anilines is 2. The van der Waals surface area contributed by atoms with Crippen LogP contribution in [0, 0.1) is 0 Å². The molecule has 0 radical (unpaired) electrons. The summed E-state index contributed by atoms with van der Waals surface area (Å²) in [5.74, 6) is -0.0500. The molecule has 0 aliphatic carbocycles. The van der Waals surface area contributed by atoms with Crippen molar-refractivity contribution in [3.8, 4) is 10.6 Å². The number of aromatic nitrogens is 1. The zero-order valence-corrected chi connectivity index (χ0v) is 17.1. The molecule has 1 fully saturated rings. The SMILES string of the molecule is O=C(C=Cc1ccc(N2CCCS2(=O)=O)cc1)Nc1cccc(-c2nccs2)c1. The van der Waals surface area contributed by atoms with E-state index in [2.05, 4.69) is 10.3 Å². The first-order valence-corrected chi connectivity index (χ1v) is 11.6. The van der Waals surface area contributed by atoms with Crippen molar-refractivity contribution in [2.75, 3.05) is 21.9 Å². The van der Waals surface area contributed by atoms with Gasteiger partial charge in [0.1, 0.15) is 5.01 Å². The van der Waals surface area contributed by atoms with E-state index in [9.17, 15) is 13.2 Å². The number of thiazole rings is 1. The van der Waals surface area contributed by atoms with Crippen molar-refractivity contribution < 1.29 is 13.2 Å². The summed E-state index contributed by atoms with van der Waals surface area (Å²) >= 11 is 1.54. The van der Waals surface area contributed by atoms with E-state index in [1.807, 2.05) is 29.6 Å². The Kier molecular flexibility index (Phi) is 5.46. The van der Waals surface area contributed by atoms with Crippen LogP contribution < -0.4 is 9.62 Å². The lowest BCUT2D eigenvalue weighted by Crippen LogP contribution is -2.24. The zero-order chi connectivity index (χ0) is 20.3. The quantitative estimate of drug-likeness (QED) is 0.627. The molecule has 2 heterocycles. The van der Waals surface area contributed by atoms with Crippen LogP contribution in [0.1, 0.15) is 12.0 Å². The van der Waals surface area contributed by atoms with Crippen LogP contribution in [0.3, 0.4) is 0 Å². The standard InChI is InChI=1S/C21H19N3O3S2/c25-20(23-18-4-1-3-17(15-18)21-22-11-13-28-21)10-7-16-5-8-19(9-6-16)24-12-2-14-29(24,26)27/h1,3-11,13,15H,2,12,14H2,(H,23,25). The molecular formula is C21H19N3O3S2. The number of sulfonamides is 1. The number of hydrogen-bond donors (Lipinski definition) is 1. The third-order valence-corrected chi connectivity index (χ3v) is 7.21. The molecule has 4 rings (SSSR count). The minimum absolute atomic E-state index is 0.193. The molecule has 0 bridgehead atoms. The minimum atomic E-state index is -3.19. The predicted octanol–water partition coefficient (Wildman–Crippen LogP) is 4.00. The average Bonchev–Trinajstić information content (AvgIpc) is 3.36. The highest BCUT2D eigenvalue weighted by molar-refractivity contribution is 7.93. The molecule has 1 aromatic heterocycles. The van der Waals surface area contributed by atoms with Gasteiger partial charge in [0.05, 0.1) is 11.4 Å². The molecule has 1 aliphatic heterocycles. The number of benzene rings is 2. The lowest BCUT2D eigenvalue weighted by molar-refractivity contribution is -0.111. The molecule has 6 nitrogen and oxygen atoms in total. The topological polar surface area (TPSA) is 79.4 Å². The molecule has 0 spiro atoms. The summed E-state index contributed by atoms with van der Waals surface area (Å²) in [6.45, 7) is 0.514. The number of hydrogen-bond acceptors (Lipinski definition) is 5. The summed E-state index contributed by atoms with van der Waals surface area (Å²) in [6.07, 6.45) is 5.55. The van der Waals surface area contributed by atoms with Crippen molar-refractivity contribution in [2.24, 2.45) is 0 Å². The average molecular weight is 426 g/mol. The zero-order valence-electron chi connectivity index (χ0n) is 15.5. The van der Waals surface area contributed by atoms with E-state index < -0.39 is 10.0 Å². The highest BCUT2D eigenvalue weighted by Crippen LogP contribution is 2.25. The minimum Gasteiger partial charge on any atom is -0.322 e. The fraction of sp³-hybridized carbons (Fsp3) is 0.143. The maximum atomic E-state index is 12.2. The van der Waals surface area contributed by atoms with Crippen LogP contribution in [0.5, 0.6) is 0 Å². The van der Waals surface area contributed by atoms with E-state index in [0.29, 0.717) is 24.3 Å². The van der Waals surface area contributed by atoms with E-state index >= 15 is 0 Å². The van der Waals surface area contributed by atoms with Crippen LogP contribution in [-0.2, 0) is 14.8 Å². The van der Waals surface area contributed by atoms with Gasteiger partial charge in [-0.3, -0.25) is 9.10 Å². The lowest BCUT2D eigenvalue weighted by atomic mass is 10.2. The molecule has 1 amide bonds. The first-order chi connectivity index (χ1) is 14.0. The van der Waals surface area contributed by atoms with Crippen LogP contribution in [0.15, 0.2) is 66.2 Å². The molecule has 0 saturated carbocycles. The van der Waals surface area contributed by atoms with Gasteiger partial charge in [0, 0.05) is 35.4 Å². The molecule has 1 N–H and O–H groups in total. The van der Waals surface area contributed by atoms with Crippen LogP contribution in [0.25, 0.3) is 16.6 Å². The predicted molar refractivity (Wildman–Crippen MR) is 117 cm³/mol. The Morgan fingerprint density at radius 1 is 1.17 bits per heavy atom. The molecule has 8 heteroatoms. The number of carbonyl (C=O) groups is 1. The van der Waals surface area contributed by atoms with Gasteiger partial charge in [0.25, 0.3) is 0 Å². The van der Waals surface area contributed by atoms with Gasteiger partial charge in [0.15, 0.2) is 0 Å². The van der Waals surface area contributed by atoms with E-state index in [-0.39, 0.29) is 11.7 Å². The molecule has 0 atom stereocenters. The highest BCUT2D eigenvalue weighted by atomic mass is 32.2. The molecule has 148 valence electrons. The highest BCUT2D eigenvalue weighted by Gasteiger charge is 2.28. The molecule has 1 saturated heterocycles. The van der Waals surface area contributed by atoms with Gasteiger partial charge in [-0.25, -0.2) is 13.4 Å². The molecular weight excluding hydrogens is 406 g/mol. The number of rotatable bonds is 5. The number of nitrogens with one attached hydrogen (secondary N) is 1. The second-order valence-electron chi connectivity index (χ2n) is 6.57. The number of carbonyl (C=O) groups excluding carboxylic acids is 1. The second kappa shape index (κ2) is 8.18. The summed E-state index contributed by atoms with van der Waals surface area (Å²) in [7, 11) is -3.19. The van der Waals surface area contributed by atoms with Gasteiger partial charge < -0.3 is 5.32 Å². The Labute approximate surface area is 173 Å². The Hall–Kier alpha value is -2.97. The van der Waals surface area contributed by atoms with E-state index in [1.165, 1.54) is 10.4 Å². The van der Waals surface area contributed by atoms with Gasteiger partial charge in [-0.15, -0.1) is 11.3 Å². The Morgan fingerprint density at radius 3 is 2.69 bits per heavy atom. The maximum absolute atomic E-state index is 12.2. The van der Waals surface area contributed by atoms with Gasteiger partial charge >= 0.3 is 0 Å². The summed E-state index contributed by atoms with van der Waals surface area (Å²) in [5.41, 5.74) is 3.12. The van der Waals surface area contributed by atoms with Crippen LogP contribution in [-0.4, -0.2) is 31.6 Å². The summed E-state index contributed by atoms with van der Waals surface area (Å²) in [4.78, 5) is 16.5. The van der Waals surface area contributed by atoms with Gasteiger partial charge in [-0.1, -0.05) is 24.3 Å². The fourth-order valence-electron chi connectivity index (χ4n) is 3.13. The van der Waals surface area contributed by atoms with Crippen molar-refractivity contribution in [3.05, 3.63) is 71.7 Å². The van der Waals surface area contributed by atoms with Gasteiger partial charge in [-0.05, 0) is 42.3 Å².